The molecule has 0 spiro atoms. The van der Waals surface area contributed by atoms with Gasteiger partial charge in [-0.3, -0.25) is 0 Å². The molecule has 0 unspecified atom stereocenters. The van der Waals surface area contributed by atoms with E-state index in [1.54, 1.807) is 7.11 Å². The fraction of sp³-hybridized carbons (Fsp3) is 0.500. The molecule has 0 aromatic heterocycles. The van der Waals surface area contributed by atoms with Gasteiger partial charge >= 0.3 is 0 Å². The lowest BCUT2D eigenvalue weighted by molar-refractivity contribution is 0.410. The smallest absolute Gasteiger partial charge is 0.123 e. The Kier molecular flexibility index (Phi) is 2.65. The van der Waals surface area contributed by atoms with Crippen LogP contribution in [0.5, 0.6) is 5.75 Å². The predicted molar refractivity (Wildman–Crippen MR) is 62.7 cm³/mol. The van der Waals surface area contributed by atoms with Gasteiger partial charge in [-0.1, -0.05) is 11.6 Å². The average Bonchev–Trinajstić information content (AvgIpc) is 3.02. The molecule has 0 atom stereocenters. The van der Waals surface area contributed by atoms with Crippen LogP contribution in [0.4, 0.5) is 0 Å². The lowest BCUT2D eigenvalue weighted by Crippen LogP contribution is -2.19. The van der Waals surface area contributed by atoms with Crippen molar-refractivity contribution in [3.05, 3.63) is 28.3 Å². The van der Waals surface area contributed by atoms with Crippen molar-refractivity contribution in [3.8, 4) is 5.75 Å². The first-order valence-corrected chi connectivity index (χ1v) is 5.55. The second-order valence-corrected chi connectivity index (χ2v) is 4.68. The van der Waals surface area contributed by atoms with E-state index in [0.717, 1.165) is 29.2 Å². The SMILES string of the molecule is COc1cc(C2(CN)CC2)cc(Cl)c1C. The average molecular weight is 226 g/mol. The first-order valence-electron chi connectivity index (χ1n) is 5.17. The van der Waals surface area contributed by atoms with Gasteiger partial charge in [0.05, 0.1) is 7.11 Å². The molecule has 3 heteroatoms. The number of rotatable bonds is 3. The van der Waals surface area contributed by atoms with Crippen molar-refractivity contribution in [3.63, 3.8) is 0 Å². The second-order valence-electron chi connectivity index (χ2n) is 4.27. The molecule has 1 aromatic rings. The van der Waals surface area contributed by atoms with Crippen LogP contribution >= 0.6 is 11.6 Å². The van der Waals surface area contributed by atoms with E-state index in [4.69, 9.17) is 22.1 Å². The van der Waals surface area contributed by atoms with E-state index in [2.05, 4.69) is 6.07 Å². The number of methoxy groups -OCH3 is 1. The fourth-order valence-electron chi connectivity index (χ4n) is 1.93. The van der Waals surface area contributed by atoms with Gasteiger partial charge in [-0.05, 0) is 37.5 Å². The number of benzene rings is 1. The van der Waals surface area contributed by atoms with E-state index >= 15 is 0 Å². The molecule has 1 saturated carbocycles. The molecule has 1 aliphatic carbocycles. The molecule has 82 valence electrons. The fourth-order valence-corrected chi connectivity index (χ4v) is 2.14. The number of hydrogen-bond donors (Lipinski definition) is 1. The first kappa shape index (κ1) is 10.8. The molecular formula is C12H16ClNO. The van der Waals surface area contributed by atoms with Crippen LogP contribution < -0.4 is 10.5 Å². The monoisotopic (exact) mass is 225 g/mol. The highest BCUT2D eigenvalue weighted by Crippen LogP contribution is 2.49. The molecule has 0 heterocycles. The van der Waals surface area contributed by atoms with Crippen molar-refractivity contribution in [1.82, 2.24) is 0 Å². The Morgan fingerprint density at radius 1 is 1.47 bits per heavy atom. The van der Waals surface area contributed by atoms with Crippen LogP contribution in [0, 0.1) is 6.92 Å². The minimum atomic E-state index is 0.171. The maximum absolute atomic E-state index is 6.17. The highest BCUT2D eigenvalue weighted by molar-refractivity contribution is 6.31. The molecule has 2 N–H and O–H groups in total. The van der Waals surface area contributed by atoms with Crippen LogP contribution in [0.3, 0.4) is 0 Å². The molecule has 0 radical (unpaired) electrons. The van der Waals surface area contributed by atoms with E-state index in [0.29, 0.717) is 6.54 Å². The maximum atomic E-state index is 6.17. The van der Waals surface area contributed by atoms with Crippen molar-refractivity contribution >= 4 is 11.6 Å². The van der Waals surface area contributed by atoms with Gasteiger partial charge in [0, 0.05) is 22.5 Å². The Morgan fingerprint density at radius 2 is 2.13 bits per heavy atom. The molecule has 1 aromatic carbocycles. The van der Waals surface area contributed by atoms with Gasteiger partial charge < -0.3 is 10.5 Å². The lowest BCUT2D eigenvalue weighted by Gasteiger charge is -2.16. The molecule has 0 aliphatic heterocycles. The van der Waals surface area contributed by atoms with Crippen LogP contribution in [0.15, 0.2) is 12.1 Å². The molecule has 1 aliphatic rings. The third-order valence-electron chi connectivity index (χ3n) is 3.37. The molecule has 0 bridgehead atoms. The van der Waals surface area contributed by atoms with Gasteiger partial charge in [0.15, 0.2) is 0 Å². The first-order chi connectivity index (χ1) is 7.13. The maximum Gasteiger partial charge on any atom is 0.123 e. The summed E-state index contributed by atoms with van der Waals surface area (Å²) in [5, 5.41) is 0.768. The summed E-state index contributed by atoms with van der Waals surface area (Å²) in [5.41, 5.74) is 8.18. The van der Waals surface area contributed by atoms with Gasteiger partial charge in [-0.15, -0.1) is 0 Å². The highest BCUT2D eigenvalue weighted by atomic mass is 35.5. The van der Waals surface area contributed by atoms with E-state index < -0.39 is 0 Å². The van der Waals surface area contributed by atoms with E-state index in [9.17, 15) is 0 Å². The summed E-state index contributed by atoms with van der Waals surface area (Å²) in [6.07, 6.45) is 2.32. The topological polar surface area (TPSA) is 35.2 Å². The summed E-state index contributed by atoms with van der Waals surface area (Å²) in [6, 6.07) is 4.10. The molecule has 1 fully saturated rings. The molecular weight excluding hydrogens is 210 g/mol. The Bertz CT molecular complexity index is 385. The second kappa shape index (κ2) is 3.69. The highest BCUT2D eigenvalue weighted by Gasteiger charge is 2.43. The summed E-state index contributed by atoms with van der Waals surface area (Å²) in [7, 11) is 1.67. The molecule has 2 nitrogen and oxygen atoms in total. The number of hydrogen-bond acceptors (Lipinski definition) is 2. The van der Waals surface area contributed by atoms with Crippen molar-refractivity contribution < 1.29 is 4.74 Å². The summed E-state index contributed by atoms with van der Waals surface area (Å²) in [6.45, 7) is 2.66. The van der Waals surface area contributed by atoms with Crippen LogP contribution in [0.1, 0.15) is 24.0 Å². The van der Waals surface area contributed by atoms with Crippen LogP contribution in [0.2, 0.25) is 5.02 Å². The summed E-state index contributed by atoms with van der Waals surface area (Å²) >= 11 is 6.17. The summed E-state index contributed by atoms with van der Waals surface area (Å²) in [5.74, 6) is 0.859. The van der Waals surface area contributed by atoms with E-state index in [1.807, 2.05) is 13.0 Å². The van der Waals surface area contributed by atoms with Crippen LogP contribution in [0.25, 0.3) is 0 Å². The molecule has 15 heavy (non-hydrogen) atoms. The van der Waals surface area contributed by atoms with Gasteiger partial charge in [-0.2, -0.15) is 0 Å². The molecule has 2 rings (SSSR count). The Hall–Kier alpha value is -0.730. The standard InChI is InChI=1S/C12H16ClNO/c1-8-10(13)5-9(6-11(8)15-2)12(7-14)3-4-12/h5-6H,3-4,7,14H2,1-2H3. The zero-order valence-electron chi connectivity index (χ0n) is 9.14. The van der Waals surface area contributed by atoms with Crippen LogP contribution in [-0.4, -0.2) is 13.7 Å². The number of halogens is 1. The largest absolute Gasteiger partial charge is 0.496 e. The van der Waals surface area contributed by atoms with Crippen molar-refractivity contribution in [2.75, 3.05) is 13.7 Å². The predicted octanol–water partition coefficient (Wildman–Crippen LogP) is 2.65. The minimum absolute atomic E-state index is 0.171. The van der Waals surface area contributed by atoms with Crippen molar-refractivity contribution in [1.29, 1.82) is 0 Å². The Morgan fingerprint density at radius 3 is 2.60 bits per heavy atom. The van der Waals surface area contributed by atoms with E-state index in [-0.39, 0.29) is 5.41 Å². The van der Waals surface area contributed by atoms with Crippen molar-refractivity contribution in [2.45, 2.75) is 25.2 Å². The quantitative estimate of drug-likeness (QED) is 0.859. The lowest BCUT2D eigenvalue weighted by atomic mass is 9.95. The van der Waals surface area contributed by atoms with Gasteiger partial charge in [0.1, 0.15) is 5.75 Å². The number of ether oxygens (including phenoxy) is 1. The van der Waals surface area contributed by atoms with Gasteiger partial charge in [0.25, 0.3) is 0 Å². The number of nitrogens with two attached hydrogens (primary N) is 1. The van der Waals surface area contributed by atoms with Gasteiger partial charge in [0.2, 0.25) is 0 Å². The third kappa shape index (κ3) is 1.72. The van der Waals surface area contributed by atoms with Crippen LogP contribution in [-0.2, 0) is 5.41 Å². The summed E-state index contributed by atoms with van der Waals surface area (Å²) in [4.78, 5) is 0. The molecule has 0 amide bonds. The Labute approximate surface area is 95.4 Å². The van der Waals surface area contributed by atoms with E-state index in [1.165, 1.54) is 5.56 Å². The minimum Gasteiger partial charge on any atom is -0.496 e. The Balaban J connectivity index is 2.46. The molecule has 0 saturated heterocycles. The summed E-state index contributed by atoms with van der Waals surface area (Å²) < 4.78 is 5.31. The van der Waals surface area contributed by atoms with Crippen molar-refractivity contribution in [2.24, 2.45) is 5.73 Å². The zero-order chi connectivity index (χ0) is 11.1. The third-order valence-corrected chi connectivity index (χ3v) is 3.77. The normalized spacial score (nSPS) is 17.6. The zero-order valence-corrected chi connectivity index (χ0v) is 9.90. The van der Waals surface area contributed by atoms with Gasteiger partial charge in [-0.25, -0.2) is 0 Å².